The first-order valence-corrected chi connectivity index (χ1v) is 9.12. The van der Waals surface area contributed by atoms with Crippen LogP contribution < -0.4 is 5.73 Å². The number of primary amides is 1. The number of aliphatic hydroxyl groups is 1. The predicted octanol–water partition coefficient (Wildman–Crippen LogP) is 3.53. The summed E-state index contributed by atoms with van der Waals surface area (Å²) in [7, 11) is 0. The average Bonchev–Trinajstić information content (AvgIpc) is 2.75. The second kappa shape index (κ2) is 8.27. The maximum Gasteiger partial charge on any atom is 0.255 e. The molecule has 5 nitrogen and oxygen atoms in total. The van der Waals surface area contributed by atoms with E-state index in [1.165, 1.54) is 12.1 Å². The summed E-state index contributed by atoms with van der Waals surface area (Å²) in [4.78, 5) is 23.6. The quantitative estimate of drug-likeness (QED) is 0.613. The van der Waals surface area contributed by atoms with E-state index in [2.05, 4.69) is 0 Å². The van der Waals surface area contributed by atoms with Gasteiger partial charge in [-0.2, -0.15) is 5.26 Å². The van der Waals surface area contributed by atoms with Crippen LogP contribution in [0.3, 0.4) is 0 Å². The third-order valence-corrected chi connectivity index (χ3v) is 5.17. The van der Waals surface area contributed by atoms with Gasteiger partial charge in [0, 0.05) is 5.56 Å². The van der Waals surface area contributed by atoms with E-state index in [-0.39, 0.29) is 10.6 Å². The highest BCUT2D eigenvalue weighted by atomic mass is 35.5. The summed E-state index contributed by atoms with van der Waals surface area (Å²) in [6.07, 6.45) is 0.703. The Morgan fingerprint density at radius 3 is 2.21 bits per heavy atom. The molecule has 0 saturated carbocycles. The number of amides is 1. The molecule has 0 heterocycles. The smallest absolute Gasteiger partial charge is 0.255 e. The first-order valence-electron chi connectivity index (χ1n) is 8.74. The fourth-order valence-corrected chi connectivity index (χ4v) is 3.62. The lowest BCUT2D eigenvalue weighted by atomic mass is 9.73. The van der Waals surface area contributed by atoms with Gasteiger partial charge >= 0.3 is 0 Å². The summed E-state index contributed by atoms with van der Waals surface area (Å²) >= 11 is 6.22. The van der Waals surface area contributed by atoms with E-state index in [9.17, 15) is 14.7 Å². The zero-order valence-electron chi connectivity index (χ0n) is 15.2. The Bertz CT molecular complexity index is 1090. The topological polar surface area (TPSA) is 104 Å². The van der Waals surface area contributed by atoms with Crippen LogP contribution in [0.15, 0.2) is 72.8 Å². The molecule has 0 aliphatic carbocycles. The van der Waals surface area contributed by atoms with Gasteiger partial charge in [-0.3, -0.25) is 9.59 Å². The van der Waals surface area contributed by atoms with Crippen LogP contribution in [0.25, 0.3) is 0 Å². The van der Waals surface area contributed by atoms with Gasteiger partial charge in [0.2, 0.25) is 0 Å². The highest BCUT2D eigenvalue weighted by Gasteiger charge is 2.46. The van der Waals surface area contributed by atoms with Crippen LogP contribution in [0.4, 0.5) is 0 Å². The summed E-state index contributed by atoms with van der Waals surface area (Å²) in [6.45, 7) is 0. The Kier molecular flexibility index (Phi) is 5.79. The Balaban J connectivity index is 2.29. The predicted molar refractivity (Wildman–Crippen MR) is 109 cm³/mol. The third kappa shape index (κ3) is 3.77. The van der Waals surface area contributed by atoms with Crippen molar-refractivity contribution in [3.05, 3.63) is 106 Å². The van der Waals surface area contributed by atoms with Gasteiger partial charge in [0.15, 0.2) is 5.60 Å². The number of carbonyl (C=O) groups excluding carboxylic acids is 2. The van der Waals surface area contributed by atoms with E-state index in [0.29, 0.717) is 28.5 Å². The van der Waals surface area contributed by atoms with Gasteiger partial charge in [0.1, 0.15) is 12.4 Å². The zero-order chi connectivity index (χ0) is 21.0. The molecule has 1 amide bonds. The molecule has 3 rings (SSSR count). The lowest BCUT2D eigenvalue weighted by Crippen LogP contribution is -2.46. The fraction of sp³-hybridized carbons (Fsp3) is 0.0870. The standard InChI is InChI=1S/C23H17ClN2O3/c24-20-12-17(10-11-18(20)13-25)21(16-8-6-15(14-27)7-9-16)23(29,22(26)28)19-4-2-1-3-5-19/h1-12,14,21,29H,(H2,26,28). The second-order valence-corrected chi connectivity index (χ2v) is 6.97. The molecular formula is C23H17ClN2O3. The van der Waals surface area contributed by atoms with E-state index in [1.54, 1.807) is 60.7 Å². The van der Waals surface area contributed by atoms with Crippen LogP contribution in [0.1, 0.15) is 38.5 Å². The van der Waals surface area contributed by atoms with Crippen molar-refractivity contribution in [1.29, 1.82) is 5.26 Å². The van der Waals surface area contributed by atoms with Gasteiger partial charge in [-0.25, -0.2) is 0 Å². The molecule has 6 heteroatoms. The Hall–Kier alpha value is -3.46. The molecule has 2 atom stereocenters. The normalized spacial score (nSPS) is 13.7. The van der Waals surface area contributed by atoms with Crippen molar-refractivity contribution in [1.82, 2.24) is 0 Å². The number of halogens is 1. The summed E-state index contributed by atoms with van der Waals surface area (Å²) < 4.78 is 0. The maximum atomic E-state index is 12.6. The van der Waals surface area contributed by atoms with Crippen molar-refractivity contribution in [3.8, 4) is 6.07 Å². The highest BCUT2D eigenvalue weighted by Crippen LogP contribution is 2.42. The van der Waals surface area contributed by atoms with Gasteiger partial charge < -0.3 is 10.8 Å². The number of nitrogens with zero attached hydrogens (tertiary/aromatic N) is 1. The number of benzene rings is 3. The molecule has 3 aromatic carbocycles. The minimum absolute atomic E-state index is 0.194. The SMILES string of the molecule is N#Cc1ccc(C(c2ccc(C=O)cc2)C(O)(C(N)=O)c2ccccc2)cc1Cl. The molecule has 3 aromatic rings. The lowest BCUT2D eigenvalue weighted by molar-refractivity contribution is -0.138. The molecule has 0 aliphatic heterocycles. The highest BCUT2D eigenvalue weighted by molar-refractivity contribution is 6.31. The largest absolute Gasteiger partial charge is 0.375 e. The molecule has 29 heavy (non-hydrogen) atoms. The molecule has 0 aliphatic rings. The molecule has 144 valence electrons. The van der Waals surface area contributed by atoms with Gasteiger partial charge in [-0.15, -0.1) is 0 Å². The van der Waals surface area contributed by atoms with E-state index >= 15 is 0 Å². The Morgan fingerprint density at radius 1 is 1.07 bits per heavy atom. The van der Waals surface area contributed by atoms with Crippen molar-refractivity contribution >= 4 is 23.8 Å². The van der Waals surface area contributed by atoms with E-state index in [0.717, 1.165) is 0 Å². The first kappa shape index (κ1) is 20.3. The van der Waals surface area contributed by atoms with Crippen LogP contribution in [-0.2, 0) is 10.4 Å². The van der Waals surface area contributed by atoms with Crippen molar-refractivity contribution in [2.24, 2.45) is 5.73 Å². The monoisotopic (exact) mass is 404 g/mol. The summed E-state index contributed by atoms with van der Waals surface area (Å²) in [5.41, 5.74) is 5.70. The molecule has 0 radical (unpaired) electrons. The van der Waals surface area contributed by atoms with Gasteiger partial charge in [-0.1, -0.05) is 72.3 Å². The molecule has 0 spiro atoms. The lowest BCUT2D eigenvalue weighted by Gasteiger charge is -2.35. The summed E-state index contributed by atoms with van der Waals surface area (Å²) in [5.74, 6) is -1.86. The molecule has 2 unspecified atom stereocenters. The minimum Gasteiger partial charge on any atom is -0.375 e. The molecule has 0 fully saturated rings. The molecular weight excluding hydrogens is 388 g/mol. The van der Waals surface area contributed by atoms with E-state index in [4.69, 9.17) is 22.6 Å². The van der Waals surface area contributed by atoms with E-state index in [1.807, 2.05) is 6.07 Å². The van der Waals surface area contributed by atoms with Crippen molar-refractivity contribution < 1.29 is 14.7 Å². The summed E-state index contributed by atoms with van der Waals surface area (Å²) in [6, 6.07) is 21.5. The summed E-state index contributed by atoms with van der Waals surface area (Å²) in [5, 5.41) is 21.0. The molecule has 3 N–H and O–H groups in total. The van der Waals surface area contributed by atoms with Crippen LogP contribution in [0.2, 0.25) is 5.02 Å². The van der Waals surface area contributed by atoms with Gasteiger partial charge in [0.05, 0.1) is 16.5 Å². The van der Waals surface area contributed by atoms with Crippen LogP contribution in [-0.4, -0.2) is 17.3 Å². The number of carbonyl (C=O) groups is 2. The van der Waals surface area contributed by atoms with Crippen LogP contribution in [0.5, 0.6) is 0 Å². The van der Waals surface area contributed by atoms with Gasteiger partial charge in [0.25, 0.3) is 5.91 Å². The fourth-order valence-electron chi connectivity index (χ4n) is 3.39. The van der Waals surface area contributed by atoms with Crippen molar-refractivity contribution in [3.63, 3.8) is 0 Å². The average molecular weight is 405 g/mol. The van der Waals surface area contributed by atoms with Gasteiger partial charge in [-0.05, 0) is 28.8 Å². The van der Waals surface area contributed by atoms with Crippen LogP contribution in [0, 0.1) is 11.3 Å². The first-order chi connectivity index (χ1) is 13.9. The Morgan fingerprint density at radius 2 is 1.69 bits per heavy atom. The number of hydrogen-bond donors (Lipinski definition) is 2. The van der Waals surface area contributed by atoms with Crippen molar-refractivity contribution in [2.45, 2.75) is 11.5 Å². The number of nitrogens with two attached hydrogens (primary N) is 1. The van der Waals surface area contributed by atoms with Crippen molar-refractivity contribution in [2.75, 3.05) is 0 Å². The Labute approximate surface area is 173 Å². The van der Waals surface area contributed by atoms with Crippen LogP contribution >= 0.6 is 11.6 Å². The second-order valence-electron chi connectivity index (χ2n) is 6.57. The molecule has 0 bridgehead atoms. The number of aldehydes is 1. The zero-order valence-corrected chi connectivity index (χ0v) is 16.0. The molecule has 0 aromatic heterocycles. The molecule has 0 saturated heterocycles. The van der Waals surface area contributed by atoms with E-state index < -0.39 is 17.4 Å². The maximum absolute atomic E-state index is 12.6. The number of hydrogen-bond acceptors (Lipinski definition) is 4. The number of nitriles is 1. The third-order valence-electron chi connectivity index (χ3n) is 4.86. The minimum atomic E-state index is -2.10. The number of rotatable bonds is 6.